The predicted octanol–water partition coefficient (Wildman–Crippen LogP) is 5.93. The van der Waals surface area contributed by atoms with Gasteiger partial charge in [0.15, 0.2) is 11.6 Å². The molecule has 9 nitrogen and oxygen atoms in total. The molecule has 12 heteroatoms. The molecule has 2 fully saturated rings. The minimum atomic E-state index is -0.960. The van der Waals surface area contributed by atoms with Crippen LogP contribution in [0.3, 0.4) is 0 Å². The lowest BCUT2D eigenvalue weighted by atomic mass is 9.92. The first kappa shape index (κ1) is 28.7. The molecule has 2 aliphatic rings. The van der Waals surface area contributed by atoms with Crippen molar-refractivity contribution in [1.82, 2.24) is 34.8 Å². The molecule has 44 heavy (non-hydrogen) atoms. The van der Waals surface area contributed by atoms with E-state index >= 15 is 4.39 Å². The van der Waals surface area contributed by atoms with Gasteiger partial charge in [0.05, 0.1) is 39.9 Å². The summed E-state index contributed by atoms with van der Waals surface area (Å²) >= 11 is 6.99. The average molecular weight is 619 g/mol. The number of fused-ring (bicyclic) bond motifs is 4. The van der Waals surface area contributed by atoms with Crippen molar-refractivity contribution in [2.75, 3.05) is 45.2 Å². The lowest BCUT2D eigenvalue weighted by Crippen LogP contribution is -2.57. The largest absolute Gasteiger partial charge is 0.353 e. The van der Waals surface area contributed by atoms with Crippen LogP contribution in [0.5, 0.6) is 0 Å². The Kier molecular flexibility index (Phi) is 6.85. The van der Waals surface area contributed by atoms with Crippen molar-refractivity contribution >= 4 is 56.0 Å². The minimum absolute atomic E-state index is 0.0834. The number of hydrogen-bond acceptors (Lipinski definition) is 6. The second-order valence-corrected chi connectivity index (χ2v) is 12.6. The van der Waals surface area contributed by atoms with Crippen LogP contribution >= 0.6 is 11.6 Å². The number of aryl methyl sites for hydroxylation is 1. The van der Waals surface area contributed by atoms with Gasteiger partial charge in [-0.25, -0.2) is 13.8 Å². The van der Waals surface area contributed by atoms with E-state index in [1.165, 1.54) is 4.90 Å². The molecule has 0 spiro atoms. The summed E-state index contributed by atoms with van der Waals surface area (Å²) in [5, 5.41) is 14.5. The SMILES string of the molecule is C=C(F)C(=O)N1CCC(n2ncc3c(N4CC(N(C)C)C4)nc4c(F)c(-c5c(C)c(C)cc6[nH]ncc56)c(Cl)cc4c32)CC1. The Morgan fingerprint density at radius 3 is 2.50 bits per heavy atom. The van der Waals surface area contributed by atoms with E-state index in [9.17, 15) is 9.18 Å². The van der Waals surface area contributed by atoms with Gasteiger partial charge in [-0.1, -0.05) is 18.2 Å². The molecule has 3 aromatic heterocycles. The lowest BCUT2D eigenvalue weighted by molar-refractivity contribution is -0.129. The first-order chi connectivity index (χ1) is 21.0. The summed E-state index contributed by atoms with van der Waals surface area (Å²) in [4.78, 5) is 23.0. The maximum atomic E-state index is 17.0. The van der Waals surface area contributed by atoms with Crippen LogP contribution in [-0.2, 0) is 4.79 Å². The first-order valence-corrected chi connectivity index (χ1v) is 15.1. The second kappa shape index (κ2) is 10.5. The van der Waals surface area contributed by atoms with Gasteiger partial charge in [0, 0.05) is 54.1 Å². The molecule has 2 aromatic carbocycles. The molecule has 0 unspecified atom stereocenters. The van der Waals surface area contributed by atoms with E-state index in [1.54, 1.807) is 18.5 Å². The molecule has 5 aromatic rings. The molecule has 5 heterocycles. The number of aromatic amines is 1. The van der Waals surface area contributed by atoms with Gasteiger partial charge >= 0.3 is 0 Å². The van der Waals surface area contributed by atoms with Gasteiger partial charge in [-0.05, 0) is 64.0 Å². The van der Waals surface area contributed by atoms with Gasteiger partial charge in [0.1, 0.15) is 11.3 Å². The molecule has 2 aliphatic heterocycles. The van der Waals surface area contributed by atoms with Crippen LogP contribution in [0.4, 0.5) is 14.6 Å². The Morgan fingerprint density at radius 1 is 1.09 bits per heavy atom. The number of H-pyrrole nitrogens is 1. The van der Waals surface area contributed by atoms with Gasteiger partial charge in [-0.2, -0.15) is 10.2 Å². The molecular formula is C32H33ClF2N8O. The highest BCUT2D eigenvalue weighted by Gasteiger charge is 2.34. The van der Waals surface area contributed by atoms with E-state index in [4.69, 9.17) is 21.7 Å². The molecule has 0 atom stereocenters. The Hall–Kier alpha value is -4.09. The van der Waals surface area contributed by atoms with Gasteiger partial charge in [0.25, 0.3) is 5.91 Å². The summed E-state index contributed by atoms with van der Waals surface area (Å²) in [6, 6.07) is 4.07. The monoisotopic (exact) mass is 618 g/mol. The van der Waals surface area contributed by atoms with E-state index in [0.717, 1.165) is 46.0 Å². The lowest BCUT2D eigenvalue weighted by Gasteiger charge is -2.43. The van der Waals surface area contributed by atoms with Crippen molar-refractivity contribution in [3.63, 3.8) is 0 Å². The zero-order valence-electron chi connectivity index (χ0n) is 25.1. The normalized spacial score (nSPS) is 16.5. The van der Waals surface area contributed by atoms with Crippen LogP contribution in [-0.4, -0.2) is 87.0 Å². The molecule has 1 amide bonds. The number of likely N-dealkylation sites (N-methyl/N-ethyl adjacent to an activating group) is 1. The fourth-order valence-corrected chi connectivity index (χ4v) is 6.98. The number of nitrogens with one attached hydrogen (secondary N) is 1. The molecule has 0 bridgehead atoms. The fourth-order valence-electron chi connectivity index (χ4n) is 6.70. The number of hydrogen-bond donors (Lipinski definition) is 1. The molecule has 0 radical (unpaired) electrons. The molecule has 7 rings (SSSR count). The fraction of sp³-hybridized carbons (Fsp3) is 0.375. The number of carbonyl (C=O) groups excluding carboxylic acids is 1. The number of benzene rings is 2. The minimum Gasteiger partial charge on any atom is -0.353 e. The number of carbonyl (C=O) groups is 1. The van der Waals surface area contributed by atoms with Crippen LogP contribution in [0.25, 0.3) is 43.8 Å². The Balaban J connectivity index is 1.43. The number of anilines is 1. The van der Waals surface area contributed by atoms with E-state index in [-0.39, 0.29) is 16.6 Å². The van der Waals surface area contributed by atoms with Crippen molar-refractivity contribution in [1.29, 1.82) is 0 Å². The van der Waals surface area contributed by atoms with Crippen molar-refractivity contribution in [3.8, 4) is 11.1 Å². The van der Waals surface area contributed by atoms with Gasteiger partial charge in [-0.15, -0.1) is 0 Å². The first-order valence-electron chi connectivity index (χ1n) is 14.7. The third-order valence-electron chi connectivity index (χ3n) is 9.44. The molecule has 0 aliphatic carbocycles. The number of aromatic nitrogens is 5. The highest BCUT2D eigenvalue weighted by atomic mass is 35.5. The number of rotatable bonds is 5. The number of halogens is 3. The highest BCUT2D eigenvalue weighted by molar-refractivity contribution is 6.35. The average Bonchev–Trinajstić information content (AvgIpc) is 3.62. The number of nitrogens with zero attached hydrogens (tertiary/aromatic N) is 7. The second-order valence-electron chi connectivity index (χ2n) is 12.2. The van der Waals surface area contributed by atoms with Crippen LogP contribution in [0, 0.1) is 19.7 Å². The quantitative estimate of drug-likeness (QED) is 0.246. The molecule has 1 N–H and O–H groups in total. The van der Waals surface area contributed by atoms with Crippen molar-refractivity contribution in [3.05, 3.63) is 58.9 Å². The Labute approximate surface area is 258 Å². The smallest absolute Gasteiger partial charge is 0.281 e. The molecule has 0 saturated carbocycles. The standard InChI is InChI=1S/C32H33ClF2N8O/c1-16-10-25-22(12-36-39-25)26(17(16)2)27-24(33)11-21-29(28(27)35)38-31(42-14-20(15-42)40(4)5)23-13-37-43(30(21)23)19-6-8-41(9-7-19)32(44)18(3)34/h10-13,19-20H,3,6-9,14-15H2,1-2,4-5H3,(H,36,39). The van der Waals surface area contributed by atoms with E-state index in [1.807, 2.05) is 38.7 Å². The maximum Gasteiger partial charge on any atom is 0.281 e. The summed E-state index contributed by atoms with van der Waals surface area (Å²) in [5.74, 6) is -1.46. The number of amides is 1. The van der Waals surface area contributed by atoms with E-state index < -0.39 is 17.6 Å². The summed E-state index contributed by atoms with van der Waals surface area (Å²) in [6.07, 6.45) is 4.62. The molecular weight excluding hydrogens is 586 g/mol. The van der Waals surface area contributed by atoms with Crippen molar-refractivity contribution in [2.24, 2.45) is 0 Å². The van der Waals surface area contributed by atoms with Crippen molar-refractivity contribution < 1.29 is 13.6 Å². The van der Waals surface area contributed by atoms with Gasteiger partial charge in [0.2, 0.25) is 0 Å². The zero-order valence-corrected chi connectivity index (χ0v) is 25.8. The predicted molar refractivity (Wildman–Crippen MR) is 169 cm³/mol. The third kappa shape index (κ3) is 4.35. The van der Waals surface area contributed by atoms with Crippen LogP contribution in [0.15, 0.2) is 36.9 Å². The summed E-state index contributed by atoms with van der Waals surface area (Å²) in [5.41, 5.74) is 4.67. The molecule has 2 saturated heterocycles. The van der Waals surface area contributed by atoms with Gasteiger partial charge in [-0.3, -0.25) is 14.6 Å². The molecule has 228 valence electrons. The number of piperidine rings is 1. The van der Waals surface area contributed by atoms with Crippen LogP contribution in [0.2, 0.25) is 5.02 Å². The van der Waals surface area contributed by atoms with Gasteiger partial charge < -0.3 is 14.7 Å². The summed E-state index contributed by atoms with van der Waals surface area (Å²) in [7, 11) is 4.10. The van der Waals surface area contributed by atoms with Crippen LogP contribution < -0.4 is 4.90 Å². The third-order valence-corrected chi connectivity index (χ3v) is 9.74. The van der Waals surface area contributed by atoms with Crippen LogP contribution in [0.1, 0.15) is 30.0 Å². The van der Waals surface area contributed by atoms with E-state index in [0.29, 0.717) is 54.3 Å². The Morgan fingerprint density at radius 2 is 1.82 bits per heavy atom. The maximum absolute atomic E-state index is 17.0. The number of likely N-dealkylation sites (tertiary alicyclic amines) is 1. The highest BCUT2D eigenvalue weighted by Crippen LogP contribution is 2.44. The topological polar surface area (TPSA) is 86.2 Å². The Bertz CT molecular complexity index is 1990. The summed E-state index contributed by atoms with van der Waals surface area (Å²) < 4.78 is 32.5. The zero-order chi connectivity index (χ0) is 31.0. The number of pyridine rings is 1. The van der Waals surface area contributed by atoms with E-state index in [2.05, 4.69) is 26.6 Å². The van der Waals surface area contributed by atoms with Crippen molar-refractivity contribution in [2.45, 2.75) is 38.8 Å². The summed E-state index contributed by atoms with van der Waals surface area (Å²) in [6.45, 7) is 9.36.